The molecular formula is C20H22N2O5. The lowest BCUT2D eigenvalue weighted by Crippen LogP contribution is -2.32. The van der Waals surface area contributed by atoms with Gasteiger partial charge in [0.25, 0.3) is 0 Å². The minimum Gasteiger partial charge on any atom is -0.495 e. The molecule has 1 aliphatic rings. The van der Waals surface area contributed by atoms with Crippen LogP contribution in [0.3, 0.4) is 0 Å². The van der Waals surface area contributed by atoms with Crippen LogP contribution in [0, 0.1) is 6.92 Å². The first-order valence-electron chi connectivity index (χ1n) is 8.60. The van der Waals surface area contributed by atoms with Crippen LogP contribution in [-0.2, 0) is 9.59 Å². The summed E-state index contributed by atoms with van der Waals surface area (Å²) in [6, 6.07) is 10.8. The van der Waals surface area contributed by atoms with Gasteiger partial charge < -0.3 is 24.4 Å². The summed E-state index contributed by atoms with van der Waals surface area (Å²) in [6.45, 7) is 3.81. The molecule has 0 aromatic heterocycles. The van der Waals surface area contributed by atoms with Gasteiger partial charge in [0.15, 0.2) is 11.5 Å². The molecule has 0 saturated carbocycles. The number of fused-ring (bicyclic) bond motifs is 1. The lowest BCUT2D eigenvalue weighted by molar-refractivity contribution is -0.117. The normalized spacial score (nSPS) is 11.8. The topological polar surface area (TPSA) is 77.1 Å². The zero-order chi connectivity index (χ0) is 19.4. The highest BCUT2D eigenvalue weighted by molar-refractivity contribution is 5.95. The van der Waals surface area contributed by atoms with Crippen molar-refractivity contribution in [3.8, 4) is 17.2 Å². The molecule has 142 valence electrons. The van der Waals surface area contributed by atoms with Crippen LogP contribution in [0.5, 0.6) is 17.2 Å². The van der Waals surface area contributed by atoms with Crippen molar-refractivity contribution in [3.05, 3.63) is 42.0 Å². The second kappa shape index (κ2) is 7.99. The van der Waals surface area contributed by atoms with Gasteiger partial charge in [0.1, 0.15) is 5.75 Å². The van der Waals surface area contributed by atoms with Gasteiger partial charge in [0.2, 0.25) is 18.6 Å². The van der Waals surface area contributed by atoms with Crippen LogP contribution in [-0.4, -0.2) is 32.3 Å². The number of aryl methyl sites for hydroxylation is 1. The molecule has 7 heteroatoms. The van der Waals surface area contributed by atoms with Crippen LogP contribution in [0.1, 0.15) is 18.9 Å². The predicted octanol–water partition coefficient (Wildman–Crippen LogP) is 3.11. The summed E-state index contributed by atoms with van der Waals surface area (Å²) in [4.78, 5) is 26.0. The molecule has 2 aromatic carbocycles. The SMILES string of the molecule is COc1ccc(C)cc1NC(=O)CCN(C(C)=O)c1ccc2c(c1)OCO2. The molecule has 0 atom stereocenters. The van der Waals surface area contributed by atoms with E-state index in [1.807, 2.05) is 19.1 Å². The molecule has 0 aliphatic carbocycles. The number of hydrogen-bond donors (Lipinski definition) is 1. The number of carbonyl (C=O) groups excluding carboxylic acids is 2. The number of methoxy groups -OCH3 is 1. The molecule has 1 heterocycles. The van der Waals surface area contributed by atoms with E-state index < -0.39 is 0 Å². The third-order valence-electron chi connectivity index (χ3n) is 4.24. The second-order valence-corrected chi connectivity index (χ2v) is 6.21. The van der Waals surface area contributed by atoms with Crippen molar-refractivity contribution in [2.75, 3.05) is 30.7 Å². The Balaban J connectivity index is 1.67. The fourth-order valence-corrected chi connectivity index (χ4v) is 2.87. The first-order valence-corrected chi connectivity index (χ1v) is 8.60. The molecular weight excluding hydrogens is 348 g/mol. The number of benzene rings is 2. The van der Waals surface area contributed by atoms with Crippen LogP contribution < -0.4 is 24.4 Å². The van der Waals surface area contributed by atoms with Gasteiger partial charge in [-0.2, -0.15) is 0 Å². The number of nitrogens with zero attached hydrogens (tertiary/aromatic N) is 1. The summed E-state index contributed by atoms with van der Waals surface area (Å²) < 4.78 is 15.9. The standard InChI is InChI=1S/C20H22N2O5/c1-13-4-6-17(25-3)16(10-13)21-20(24)8-9-22(14(2)23)15-5-7-18-19(11-15)27-12-26-18/h4-7,10-11H,8-9,12H2,1-3H3,(H,21,24). The molecule has 1 N–H and O–H groups in total. The molecule has 0 spiro atoms. The van der Waals surface area contributed by atoms with Gasteiger partial charge in [-0.05, 0) is 36.8 Å². The summed E-state index contributed by atoms with van der Waals surface area (Å²) in [7, 11) is 1.55. The number of nitrogens with one attached hydrogen (secondary N) is 1. The average molecular weight is 370 g/mol. The summed E-state index contributed by atoms with van der Waals surface area (Å²) in [5.74, 6) is 1.47. The molecule has 0 radical (unpaired) electrons. The highest BCUT2D eigenvalue weighted by atomic mass is 16.7. The molecule has 3 rings (SSSR count). The van der Waals surface area contributed by atoms with Gasteiger partial charge in [-0.3, -0.25) is 9.59 Å². The van der Waals surface area contributed by atoms with E-state index in [2.05, 4.69) is 5.32 Å². The Morgan fingerprint density at radius 1 is 1.15 bits per heavy atom. The molecule has 2 aromatic rings. The van der Waals surface area contributed by atoms with E-state index >= 15 is 0 Å². The third kappa shape index (κ3) is 4.31. The fourth-order valence-electron chi connectivity index (χ4n) is 2.87. The quantitative estimate of drug-likeness (QED) is 0.845. The smallest absolute Gasteiger partial charge is 0.231 e. The highest BCUT2D eigenvalue weighted by Crippen LogP contribution is 2.35. The number of rotatable bonds is 6. The van der Waals surface area contributed by atoms with E-state index in [1.54, 1.807) is 31.4 Å². The second-order valence-electron chi connectivity index (χ2n) is 6.21. The molecule has 27 heavy (non-hydrogen) atoms. The summed E-state index contributed by atoms with van der Waals surface area (Å²) in [5, 5.41) is 2.84. The van der Waals surface area contributed by atoms with Crippen LogP contribution in [0.4, 0.5) is 11.4 Å². The van der Waals surface area contributed by atoms with Crippen LogP contribution in [0.2, 0.25) is 0 Å². The first kappa shape index (κ1) is 18.6. The van der Waals surface area contributed by atoms with Gasteiger partial charge in [-0.1, -0.05) is 6.07 Å². The molecule has 2 amide bonds. The Kier molecular flexibility index (Phi) is 5.49. The number of amides is 2. The Hall–Kier alpha value is -3.22. The van der Waals surface area contributed by atoms with E-state index in [0.29, 0.717) is 28.6 Å². The monoisotopic (exact) mass is 370 g/mol. The molecule has 0 saturated heterocycles. The maximum atomic E-state index is 12.4. The van der Waals surface area contributed by atoms with E-state index in [1.165, 1.54) is 11.8 Å². The maximum absolute atomic E-state index is 12.4. The molecule has 0 unspecified atom stereocenters. The Bertz CT molecular complexity index is 865. The van der Waals surface area contributed by atoms with Gasteiger partial charge >= 0.3 is 0 Å². The van der Waals surface area contributed by atoms with E-state index in [-0.39, 0.29) is 31.6 Å². The van der Waals surface area contributed by atoms with Crippen molar-refractivity contribution in [1.29, 1.82) is 0 Å². The first-order chi connectivity index (χ1) is 13.0. The maximum Gasteiger partial charge on any atom is 0.231 e. The van der Waals surface area contributed by atoms with Crippen molar-refractivity contribution in [2.24, 2.45) is 0 Å². The predicted molar refractivity (Wildman–Crippen MR) is 102 cm³/mol. The van der Waals surface area contributed by atoms with Gasteiger partial charge in [0.05, 0.1) is 12.8 Å². The zero-order valence-corrected chi connectivity index (χ0v) is 15.6. The Morgan fingerprint density at radius 3 is 2.67 bits per heavy atom. The molecule has 7 nitrogen and oxygen atoms in total. The zero-order valence-electron chi connectivity index (χ0n) is 15.6. The number of anilines is 2. The van der Waals surface area contributed by atoms with Crippen molar-refractivity contribution >= 4 is 23.2 Å². The molecule has 1 aliphatic heterocycles. The third-order valence-corrected chi connectivity index (χ3v) is 4.24. The van der Waals surface area contributed by atoms with Gasteiger partial charge in [0, 0.05) is 31.6 Å². The van der Waals surface area contributed by atoms with Crippen molar-refractivity contribution in [3.63, 3.8) is 0 Å². The average Bonchev–Trinajstić information content (AvgIpc) is 3.09. The molecule has 0 bridgehead atoms. The number of carbonyl (C=O) groups is 2. The number of ether oxygens (including phenoxy) is 3. The molecule has 0 fully saturated rings. The Labute approximate surface area is 157 Å². The summed E-state index contributed by atoms with van der Waals surface area (Å²) in [6.07, 6.45) is 0.144. The summed E-state index contributed by atoms with van der Waals surface area (Å²) >= 11 is 0. The minimum absolute atomic E-state index is 0.144. The Morgan fingerprint density at radius 2 is 1.93 bits per heavy atom. The van der Waals surface area contributed by atoms with Crippen molar-refractivity contribution < 1.29 is 23.8 Å². The van der Waals surface area contributed by atoms with E-state index in [0.717, 1.165) is 5.56 Å². The largest absolute Gasteiger partial charge is 0.495 e. The van der Waals surface area contributed by atoms with Crippen LogP contribution >= 0.6 is 0 Å². The lowest BCUT2D eigenvalue weighted by Gasteiger charge is -2.21. The minimum atomic E-state index is -0.203. The van der Waals surface area contributed by atoms with Gasteiger partial charge in [-0.25, -0.2) is 0 Å². The highest BCUT2D eigenvalue weighted by Gasteiger charge is 2.19. The van der Waals surface area contributed by atoms with Gasteiger partial charge in [-0.15, -0.1) is 0 Å². The van der Waals surface area contributed by atoms with Crippen molar-refractivity contribution in [1.82, 2.24) is 0 Å². The number of hydrogen-bond acceptors (Lipinski definition) is 5. The van der Waals surface area contributed by atoms with Crippen LogP contribution in [0.15, 0.2) is 36.4 Å². The van der Waals surface area contributed by atoms with Crippen LogP contribution in [0.25, 0.3) is 0 Å². The fraction of sp³-hybridized carbons (Fsp3) is 0.300. The van der Waals surface area contributed by atoms with E-state index in [9.17, 15) is 9.59 Å². The lowest BCUT2D eigenvalue weighted by atomic mass is 10.2. The van der Waals surface area contributed by atoms with Crippen molar-refractivity contribution in [2.45, 2.75) is 20.3 Å². The van der Waals surface area contributed by atoms with E-state index in [4.69, 9.17) is 14.2 Å². The summed E-state index contributed by atoms with van der Waals surface area (Å²) in [5.41, 5.74) is 2.28.